The van der Waals surface area contributed by atoms with Crippen molar-refractivity contribution in [2.24, 2.45) is 79.3 Å². The molecule has 8 fully saturated rings. The predicted octanol–water partition coefficient (Wildman–Crippen LogP) is 10.1. The Kier molecular flexibility index (Phi) is 9.40. The Hall–Kier alpha value is -1.40. The third kappa shape index (κ3) is 5.86. The second-order valence-corrected chi connectivity index (χ2v) is 26.0. The zero-order valence-corrected chi connectivity index (χ0v) is 36.9. The molecule has 0 aromatic heterocycles. The Morgan fingerprint density at radius 1 is 0.673 bits per heavy atom. The van der Waals surface area contributed by atoms with Crippen LogP contribution in [0.4, 0.5) is 0 Å². The van der Waals surface area contributed by atoms with Crippen LogP contribution in [0.1, 0.15) is 152 Å². The smallest absolute Gasteiger partial charge is 0.309 e. The lowest BCUT2D eigenvalue weighted by Gasteiger charge is -2.73. The van der Waals surface area contributed by atoms with Crippen molar-refractivity contribution < 1.29 is 33.3 Å². The number of nitrogens with zero attached hydrogens (tertiary/aromatic N) is 1. The van der Waals surface area contributed by atoms with Crippen molar-refractivity contribution >= 4 is 25.2 Å². The summed E-state index contributed by atoms with van der Waals surface area (Å²) >= 11 is 0. The van der Waals surface area contributed by atoms with E-state index in [2.05, 4.69) is 46.4 Å². The fraction of sp³-hybridized carbons (Fsp3) is 0.935. The first-order chi connectivity index (χ1) is 25.4. The van der Waals surface area contributed by atoms with Crippen molar-refractivity contribution in [2.75, 3.05) is 26.4 Å². The summed E-state index contributed by atoms with van der Waals surface area (Å²) < 4.78 is 24.8. The highest BCUT2D eigenvalue weighted by molar-refractivity contribution is 7.57. The summed E-state index contributed by atoms with van der Waals surface area (Å²) in [4.78, 5) is 42.8. The van der Waals surface area contributed by atoms with E-state index < -0.39 is 24.7 Å². The molecule has 55 heavy (non-hydrogen) atoms. The van der Waals surface area contributed by atoms with Crippen molar-refractivity contribution in [3.63, 3.8) is 0 Å². The number of hydrogen-bond donors (Lipinski definition) is 1. The van der Waals surface area contributed by atoms with Crippen LogP contribution in [0.25, 0.3) is 0 Å². The molecular weight excluding hydrogens is 709 g/mol. The van der Waals surface area contributed by atoms with E-state index in [1.54, 1.807) is 13.3 Å². The summed E-state index contributed by atoms with van der Waals surface area (Å²) in [5.74, 6) is 1.22. The van der Waals surface area contributed by atoms with Gasteiger partial charge in [0.25, 0.3) is 0 Å². The topological polar surface area (TPSA) is 110 Å². The molecule has 1 saturated heterocycles. The van der Waals surface area contributed by atoms with E-state index in [0.29, 0.717) is 60.4 Å². The van der Waals surface area contributed by atoms with Gasteiger partial charge in [0.05, 0.1) is 23.4 Å². The molecule has 8 rings (SSSR count). The molecule has 0 aromatic rings. The van der Waals surface area contributed by atoms with Crippen molar-refractivity contribution in [2.45, 2.75) is 164 Å². The van der Waals surface area contributed by atoms with Crippen molar-refractivity contribution in [3.05, 3.63) is 0 Å². The maximum atomic E-state index is 15.1. The maximum absolute atomic E-state index is 15.1. The second kappa shape index (κ2) is 12.8. The molecule has 1 amide bonds. The summed E-state index contributed by atoms with van der Waals surface area (Å²) in [5.41, 5.74) is -0.146. The van der Waals surface area contributed by atoms with Crippen LogP contribution < -0.4 is 0 Å². The molecule has 310 valence electrons. The van der Waals surface area contributed by atoms with Crippen LogP contribution in [-0.2, 0) is 28.2 Å². The minimum Gasteiger partial charge on any atom is -0.481 e. The first kappa shape index (κ1) is 40.4. The largest absolute Gasteiger partial charge is 0.481 e. The van der Waals surface area contributed by atoms with Gasteiger partial charge >= 0.3 is 11.9 Å². The van der Waals surface area contributed by atoms with E-state index in [1.165, 1.54) is 38.5 Å². The van der Waals surface area contributed by atoms with Crippen LogP contribution in [0.5, 0.6) is 0 Å². The molecule has 8 aliphatic rings. The minimum atomic E-state index is -2.57. The average Bonchev–Trinajstić information content (AvgIpc) is 3.70. The fourth-order valence-electron chi connectivity index (χ4n) is 16.3. The lowest BCUT2D eigenvalue weighted by atomic mass is 9.32. The molecular formula is C46H74NO7P. The Morgan fingerprint density at radius 2 is 1.35 bits per heavy atom. The lowest BCUT2D eigenvalue weighted by molar-refractivity contribution is -0.253. The zero-order valence-electron chi connectivity index (χ0n) is 36.0. The van der Waals surface area contributed by atoms with E-state index in [4.69, 9.17) is 9.26 Å². The van der Waals surface area contributed by atoms with Crippen LogP contribution in [0.15, 0.2) is 0 Å². The van der Waals surface area contributed by atoms with Gasteiger partial charge in [-0.3, -0.25) is 18.9 Å². The molecule has 0 bridgehead atoms. The van der Waals surface area contributed by atoms with Gasteiger partial charge in [0.1, 0.15) is 6.10 Å². The monoisotopic (exact) mass is 784 g/mol. The molecule has 1 N–H and O–H groups in total. The molecule has 0 aromatic carbocycles. The molecule has 2 unspecified atom stereocenters. The Balaban J connectivity index is 1.03. The molecule has 0 spiro atoms. The van der Waals surface area contributed by atoms with Gasteiger partial charge in [0, 0.05) is 31.8 Å². The Morgan fingerprint density at radius 3 is 1.95 bits per heavy atom. The highest BCUT2D eigenvalue weighted by atomic mass is 31.2. The number of carboxylic acid groups (broad SMARTS) is 1. The van der Waals surface area contributed by atoms with Gasteiger partial charge in [-0.15, -0.1) is 0 Å². The predicted molar refractivity (Wildman–Crippen MR) is 215 cm³/mol. The average molecular weight is 784 g/mol. The fourth-order valence-corrected chi connectivity index (χ4v) is 17.2. The summed E-state index contributed by atoms with van der Waals surface area (Å²) in [6, 6.07) is 0. The summed E-state index contributed by atoms with van der Waals surface area (Å²) in [5, 5.41) is 9.68. The number of hydrogen-bond acceptors (Lipinski definition) is 6. The molecule has 8 nitrogen and oxygen atoms in total. The number of fused-ring (bicyclic) bond motifs is 7. The molecule has 7 aliphatic carbocycles. The Labute approximate surface area is 332 Å². The zero-order chi connectivity index (χ0) is 39.9. The minimum absolute atomic E-state index is 0.0187. The van der Waals surface area contributed by atoms with E-state index in [1.807, 2.05) is 13.8 Å². The standard InChI is InChI=1S/C46H74NO7P/c1-40(2)31(37(48)49)27-32(40)38(50)53-35-15-18-43(6)33(41(35,3)4)14-19-45(8)34(43)12-11-30-36-29(42(5)21-22-42)13-20-46(36,24-23-44(30,45)7)39(51)47-25-16-28(17-26-47)54-55(9,10)52/h28-36H,11-27H2,1-10H3,(H,48,49)/t29-,30-,31+,32-,33+,34-,35?,36?,43+,44-,45-,46+/m1/s1. The highest BCUT2D eigenvalue weighted by Crippen LogP contribution is 2.79. The number of amides is 1. The number of esters is 1. The van der Waals surface area contributed by atoms with E-state index >= 15 is 4.79 Å². The van der Waals surface area contributed by atoms with Crippen LogP contribution >= 0.6 is 7.37 Å². The number of piperidine rings is 1. The molecule has 12 atom stereocenters. The number of carbonyl (C=O) groups is 3. The van der Waals surface area contributed by atoms with E-state index in [0.717, 1.165) is 51.4 Å². The number of aliphatic carboxylic acids is 1. The van der Waals surface area contributed by atoms with Crippen LogP contribution in [0.3, 0.4) is 0 Å². The normalized spacial score (nSPS) is 46.9. The Bertz CT molecular complexity index is 1640. The number of ether oxygens (including phenoxy) is 1. The first-order valence-corrected chi connectivity index (χ1v) is 24.9. The van der Waals surface area contributed by atoms with Gasteiger partial charge < -0.3 is 19.3 Å². The van der Waals surface area contributed by atoms with Crippen LogP contribution in [0, 0.1) is 79.3 Å². The second-order valence-electron chi connectivity index (χ2n) is 23.3. The lowest BCUT2D eigenvalue weighted by Crippen LogP contribution is -2.68. The quantitative estimate of drug-likeness (QED) is 0.202. The number of likely N-dealkylation sites (tertiary alicyclic amines) is 1. The van der Waals surface area contributed by atoms with Crippen LogP contribution in [-0.4, -0.2) is 66.5 Å². The third-order valence-electron chi connectivity index (χ3n) is 20.0. The van der Waals surface area contributed by atoms with Crippen molar-refractivity contribution in [3.8, 4) is 0 Å². The van der Waals surface area contributed by atoms with E-state index in [9.17, 15) is 19.3 Å². The van der Waals surface area contributed by atoms with Crippen LogP contribution in [0.2, 0.25) is 0 Å². The number of carbonyl (C=O) groups excluding carboxylic acids is 2. The van der Waals surface area contributed by atoms with Gasteiger partial charge in [-0.25, -0.2) is 0 Å². The number of rotatable bonds is 7. The van der Waals surface area contributed by atoms with Crippen molar-refractivity contribution in [1.29, 1.82) is 0 Å². The molecule has 9 heteroatoms. The number of carboxylic acids is 1. The van der Waals surface area contributed by atoms with Gasteiger partial charge in [0.2, 0.25) is 5.91 Å². The van der Waals surface area contributed by atoms with Gasteiger partial charge in [-0.1, -0.05) is 55.4 Å². The van der Waals surface area contributed by atoms with Gasteiger partial charge in [0.15, 0.2) is 7.37 Å². The summed E-state index contributed by atoms with van der Waals surface area (Å²) in [6.45, 7) is 23.8. The summed E-state index contributed by atoms with van der Waals surface area (Å²) in [6.07, 6.45) is 15.4. The van der Waals surface area contributed by atoms with E-state index in [-0.39, 0.29) is 51.2 Å². The molecule has 1 aliphatic heterocycles. The molecule has 1 heterocycles. The first-order valence-electron chi connectivity index (χ1n) is 22.4. The SMILES string of the molecule is CC1([C@@H]2CC[C@]3(C(=O)N4CCC(OP(C)(C)=O)CC4)CC[C@]4(C)[C@H](CC[C@@H]5[C@@]6(C)CCC(OC(=O)[C@H]7C[C@@H](C(=O)O)C7(C)C)C(C)(C)[C@@H]6CC[C@]54C)C23)CC1. The maximum Gasteiger partial charge on any atom is 0.309 e. The van der Waals surface area contributed by atoms with Gasteiger partial charge in [-0.05, 0) is 153 Å². The molecule has 7 saturated carbocycles. The van der Waals surface area contributed by atoms with Crippen molar-refractivity contribution in [1.82, 2.24) is 4.90 Å². The van der Waals surface area contributed by atoms with Gasteiger partial charge in [-0.2, -0.15) is 0 Å². The molecule has 0 radical (unpaired) electrons. The third-order valence-corrected chi connectivity index (χ3v) is 20.8. The highest BCUT2D eigenvalue weighted by Gasteiger charge is 2.74. The summed E-state index contributed by atoms with van der Waals surface area (Å²) in [7, 11) is -2.57.